The Morgan fingerprint density at radius 2 is 1.88 bits per heavy atom. The van der Waals surface area contributed by atoms with E-state index in [1.165, 1.54) is 0 Å². The number of methoxy groups -OCH3 is 1. The lowest BCUT2D eigenvalue weighted by Gasteiger charge is -2.29. The number of halogens is 2. The second-order valence-corrected chi connectivity index (χ2v) is 13.3. The van der Waals surface area contributed by atoms with Crippen LogP contribution in [0.25, 0.3) is 11.0 Å². The van der Waals surface area contributed by atoms with Crippen molar-refractivity contribution in [3.05, 3.63) is 92.6 Å². The van der Waals surface area contributed by atoms with Gasteiger partial charge >= 0.3 is 0 Å². The van der Waals surface area contributed by atoms with E-state index in [2.05, 4.69) is 20.7 Å². The van der Waals surface area contributed by atoms with Gasteiger partial charge in [0.2, 0.25) is 10.0 Å². The van der Waals surface area contributed by atoms with Crippen molar-refractivity contribution in [3.63, 3.8) is 0 Å². The number of carbonyl (C=O) groups excluding carboxylic acids is 1. The smallest absolute Gasteiger partial charge is 0.290 e. The Bertz CT molecular complexity index is 1710. The lowest BCUT2D eigenvalue weighted by molar-refractivity contribution is 0.0634. The molecule has 3 aromatic carbocycles. The third-order valence-electron chi connectivity index (χ3n) is 7.24. The number of carbonyl (C=O) groups is 1. The van der Waals surface area contributed by atoms with E-state index in [4.69, 9.17) is 25.5 Å². The Kier molecular flexibility index (Phi) is 9.59. The van der Waals surface area contributed by atoms with Gasteiger partial charge in [-0.15, -0.1) is 0 Å². The van der Waals surface area contributed by atoms with Gasteiger partial charge < -0.3 is 18.8 Å². The molecule has 0 saturated carbocycles. The number of sulfonamides is 1. The first-order valence-electron chi connectivity index (χ1n) is 13.7. The Morgan fingerprint density at radius 1 is 1.07 bits per heavy atom. The highest BCUT2D eigenvalue weighted by Crippen LogP contribution is 2.33. The third-order valence-corrected chi connectivity index (χ3v) is 9.43. The molecule has 0 spiro atoms. The van der Waals surface area contributed by atoms with Crippen LogP contribution in [0, 0.1) is 0 Å². The normalized spacial score (nSPS) is 14.7. The van der Waals surface area contributed by atoms with Crippen molar-refractivity contribution < 1.29 is 27.1 Å². The first kappa shape index (κ1) is 30.6. The number of nitrogens with zero attached hydrogens (tertiary/aromatic N) is 1. The molecule has 1 aromatic heterocycles. The fourth-order valence-electron chi connectivity index (χ4n) is 5.14. The van der Waals surface area contributed by atoms with E-state index in [0.29, 0.717) is 55.4 Å². The Morgan fingerprint density at radius 3 is 2.67 bits per heavy atom. The molecule has 8 nitrogen and oxygen atoms in total. The molecule has 4 aromatic rings. The highest BCUT2D eigenvalue weighted by molar-refractivity contribution is 9.10. The van der Waals surface area contributed by atoms with Crippen LogP contribution in [-0.2, 0) is 34.1 Å². The number of nitrogens with one attached hydrogen (secondary N) is 1. The minimum absolute atomic E-state index is 0.213. The maximum absolute atomic E-state index is 14.2. The highest BCUT2D eigenvalue weighted by Gasteiger charge is 2.33. The van der Waals surface area contributed by atoms with E-state index in [1.54, 1.807) is 48.4 Å². The van der Waals surface area contributed by atoms with Crippen molar-refractivity contribution in [2.45, 2.75) is 43.7 Å². The molecular weight excluding hydrogens is 644 g/mol. The number of hydrogen-bond acceptors (Lipinski definition) is 6. The lowest BCUT2D eigenvalue weighted by atomic mass is 10.1. The summed E-state index contributed by atoms with van der Waals surface area (Å²) in [6.45, 7) is 3.25. The molecule has 42 heavy (non-hydrogen) atoms. The second-order valence-electron chi connectivity index (χ2n) is 10.2. The van der Waals surface area contributed by atoms with Crippen molar-refractivity contribution in [1.29, 1.82) is 0 Å². The lowest BCUT2D eigenvalue weighted by Crippen LogP contribution is -2.40. The van der Waals surface area contributed by atoms with E-state index in [1.807, 2.05) is 31.2 Å². The van der Waals surface area contributed by atoms with Gasteiger partial charge in [-0.2, -0.15) is 0 Å². The maximum Gasteiger partial charge on any atom is 0.290 e. The summed E-state index contributed by atoms with van der Waals surface area (Å²) in [5.74, 6) is 0.545. The van der Waals surface area contributed by atoms with Crippen LogP contribution in [0.2, 0.25) is 5.02 Å². The monoisotopic (exact) mass is 674 g/mol. The van der Waals surface area contributed by atoms with Gasteiger partial charge in [-0.05, 0) is 85.0 Å². The third kappa shape index (κ3) is 6.84. The van der Waals surface area contributed by atoms with Crippen LogP contribution in [0.4, 0.5) is 0 Å². The number of fused-ring (bicyclic) bond motifs is 2. The summed E-state index contributed by atoms with van der Waals surface area (Å²) in [6.07, 6.45) is 1.75. The topological polar surface area (TPSA) is 98.1 Å². The number of rotatable bonds is 12. The summed E-state index contributed by atoms with van der Waals surface area (Å²) in [4.78, 5) is 16.2. The Hall–Kier alpha value is -2.89. The van der Waals surface area contributed by atoms with E-state index >= 15 is 0 Å². The standard InChI is InChI=1S/C31H32BrClN2O6S/c1-3-10-34-42(37,38)27-7-4-20-15-26(16-21(20)17-27)35(19-23-14-25(33)6-9-28(23)40-12-11-39-2)31(36)30-18-22-13-24(32)5-8-29(22)41-30/h4-9,13-14,17-18,26,34H,3,10-12,15-16,19H2,1-2H3. The van der Waals surface area contributed by atoms with Gasteiger partial charge in [0.25, 0.3) is 5.91 Å². The molecule has 11 heteroatoms. The largest absolute Gasteiger partial charge is 0.491 e. The van der Waals surface area contributed by atoms with Crippen LogP contribution in [-0.4, -0.2) is 52.1 Å². The molecular formula is C31H32BrClN2O6S. The van der Waals surface area contributed by atoms with Crippen molar-refractivity contribution in [1.82, 2.24) is 9.62 Å². The number of amides is 1. The molecule has 1 atom stereocenters. The van der Waals surface area contributed by atoms with Crippen LogP contribution in [0.5, 0.6) is 5.75 Å². The zero-order valence-corrected chi connectivity index (χ0v) is 26.5. The predicted molar refractivity (Wildman–Crippen MR) is 166 cm³/mol. The summed E-state index contributed by atoms with van der Waals surface area (Å²) in [5, 5.41) is 1.33. The highest BCUT2D eigenvalue weighted by atomic mass is 79.9. The fourth-order valence-corrected chi connectivity index (χ4v) is 6.89. The zero-order chi connectivity index (χ0) is 29.9. The average Bonchev–Trinajstić information content (AvgIpc) is 3.59. The molecule has 1 aliphatic carbocycles. The molecule has 0 bridgehead atoms. The van der Waals surface area contributed by atoms with E-state index < -0.39 is 10.0 Å². The summed E-state index contributed by atoms with van der Waals surface area (Å²) in [7, 11) is -2.02. The first-order valence-corrected chi connectivity index (χ1v) is 16.4. The predicted octanol–water partition coefficient (Wildman–Crippen LogP) is 6.37. The van der Waals surface area contributed by atoms with E-state index in [9.17, 15) is 13.2 Å². The minimum atomic E-state index is -3.62. The fraction of sp³-hybridized carbons (Fsp3) is 0.323. The first-order chi connectivity index (χ1) is 20.2. The van der Waals surface area contributed by atoms with Crippen molar-refractivity contribution in [2.24, 2.45) is 0 Å². The molecule has 1 heterocycles. The quantitative estimate of drug-likeness (QED) is 0.175. The van der Waals surface area contributed by atoms with Gasteiger partial charge in [-0.1, -0.05) is 40.5 Å². The van der Waals surface area contributed by atoms with E-state index in [0.717, 1.165) is 26.5 Å². The van der Waals surface area contributed by atoms with E-state index in [-0.39, 0.29) is 29.1 Å². The summed E-state index contributed by atoms with van der Waals surface area (Å²) in [6, 6.07) is 17.6. The molecule has 222 valence electrons. The van der Waals surface area contributed by atoms with Gasteiger partial charge in [-0.25, -0.2) is 13.1 Å². The maximum atomic E-state index is 14.2. The number of furan rings is 1. The zero-order valence-electron chi connectivity index (χ0n) is 23.4. The molecule has 1 aliphatic rings. The van der Waals surface area contributed by atoms with Crippen molar-refractivity contribution in [2.75, 3.05) is 26.9 Å². The minimum Gasteiger partial charge on any atom is -0.491 e. The number of benzene rings is 3. The molecule has 0 saturated heterocycles. The molecule has 1 N–H and O–H groups in total. The van der Waals surface area contributed by atoms with Crippen LogP contribution >= 0.6 is 27.5 Å². The van der Waals surface area contributed by atoms with Gasteiger partial charge in [0.1, 0.15) is 17.9 Å². The van der Waals surface area contributed by atoms with Crippen molar-refractivity contribution in [3.8, 4) is 5.75 Å². The van der Waals surface area contributed by atoms with Gasteiger partial charge in [0, 0.05) is 40.1 Å². The summed E-state index contributed by atoms with van der Waals surface area (Å²) < 4.78 is 46.2. The molecule has 0 radical (unpaired) electrons. The summed E-state index contributed by atoms with van der Waals surface area (Å²) >= 11 is 9.86. The Labute approximate surface area is 259 Å². The second kappa shape index (κ2) is 13.2. The average molecular weight is 676 g/mol. The molecule has 1 amide bonds. The Balaban J connectivity index is 1.49. The van der Waals surface area contributed by atoms with Crippen LogP contribution in [0.1, 0.15) is 40.6 Å². The molecule has 0 aliphatic heterocycles. The van der Waals surface area contributed by atoms with Crippen LogP contribution < -0.4 is 9.46 Å². The van der Waals surface area contributed by atoms with Gasteiger partial charge in [0.05, 0.1) is 18.0 Å². The number of hydrogen-bond donors (Lipinski definition) is 1. The van der Waals surface area contributed by atoms with Gasteiger partial charge in [-0.3, -0.25) is 4.79 Å². The van der Waals surface area contributed by atoms with Crippen LogP contribution in [0.3, 0.4) is 0 Å². The molecule has 0 fully saturated rings. The van der Waals surface area contributed by atoms with Crippen molar-refractivity contribution >= 4 is 54.4 Å². The molecule has 1 unspecified atom stereocenters. The SMILES string of the molecule is CCCNS(=O)(=O)c1ccc2c(c1)CC(N(Cc1cc(Cl)ccc1OCCOC)C(=O)c1cc3cc(Br)ccc3o1)C2. The van der Waals surface area contributed by atoms with Gasteiger partial charge in [0.15, 0.2) is 5.76 Å². The van der Waals surface area contributed by atoms with Crippen LogP contribution in [0.15, 0.2) is 74.4 Å². The summed E-state index contributed by atoms with van der Waals surface area (Å²) in [5.41, 5.74) is 3.25. The molecule has 5 rings (SSSR count). The number of ether oxygens (including phenoxy) is 2.